The van der Waals surface area contributed by atoms with Gasteiger partial charge in [-0.05, 0) is 18.2 Å². The molecule has 0 atom stereocenters. The average molecular weight is 204 g/mol. The van der Waals surface area contributed by atoms with E-state index in [4.69, 9.17) is 14.9 Å². The molecule has 0 saturated carbocycles. The minimum Gasteiger partial charge on any atom is -0.485 e. The number of nitrogens with two attached hydrogens (primary N) is 1. The molecule has 0 unspecified atom stereocenters. The molecule has 2 aromatic heterocycles. The van der Waals surface area contributed by atoms with Crippen LogP contribution in [0.3, 0.4) is 0 Å². The lowest BCUT2D eigenvalue weighted by Gasteiger charge is -2.07. The number of nitrogens with zero attached hydrogens (tertiary/aromatic N) is 1. The lowest BCUT2D eigenvalue weighted by molar-refractivity contribution is 0.267. The fraction of sp³-hybridized carbons (Fsp3) is 0.182. The van der Waals surface area contributed by atoms with Gasteiger partial charge in [0.1, 0.15) is 18.1 Å². The summed E-state index contributed by atoms with van der Waals surface area (Å²) in [5.41, 5.74) is 6.45. The molecule has 78 valence electrons. The Morgan fingerprint density at radius 1 is 1.40 bits per heavy atom. The van der Waals surface area contributed by atoms with Gasteiger partial charge in [-0.1, -0.05) is 0 Å². The van der Waals surface area contributed by atoms with Gasteiger partial charge in [-0.15, -0.1) is 0 Å². The molecule has 0 aromatic carbocycles. The van der Waals surface area contributed by atoms with E-state index in [2.05, 4.69) is 4.98 Å². The molecule has 0 fully saturated rings. The Labute approximate surface area is 87.7 Å². The summed E-state index contributed by atoms with van der Waals surface area (Å²) < 4.78 is 10.7. The molecule has 0 amide bonds. The minimum absolute atomic E-state index is 0.407. The summed E-state index contributed by atoms with van der Waals surface area (Å²) >= 11 is 0. The summed E-state index contributed by atoms with van der Waals surface area (Å²) in [6.07, 6.45) is 5.00. The number of ether oxygens (including phenoxy) is 1. The van der Waals surface area contributed by atoms with Crippen LogP contribution in [0.4, 0.5) is 0 Å². The van der Waals surface area contributed by atoms with Gasteiger partial charge in [-0.2, -0.15) is 0 Å². The van der Waals surface area contributed by atoms with Crippen LogP contribution in [0.15, 0.2) is 41.3 Å². The van der Waals surface area contributed by atoms with Crippen molar-refractivity contribution in [3.05, 3.63) is 48.2 Å². The quantitative estimate of drug-likeness (QED) is 0.823. The van der Waals surface area contributed by atoms with E-state index < -0.39 is 0 Å². The van der Waals surface area contributed by atoms with Crippen LogP contribution < -0.4 is 10.5 Å². The Bertz CT molecular complexity index is 412. The second-order valence-electron chi connectivity index (χ2n) is 3.06. The number of furan rings is 1. The molecular weight excluding hydrogens is 192 g/mol. The smallest absolute Gasteiger partial charge is 0.146 e. The Kier molecular flexibility index (Phi) is 2.99. The number of rotatable bonds is 4. The monoisotopic (exact) mass is 204 g/mol. The third-order valence-corrected chi connectivity index (χ3v) is 2.03. The normalized spacial score (nSPS) is 10.2. The second kappa shape index (κ2) is 4.61. The predicted molar refractivity (Wildman–Crippen MR) is 55.2 cm³/mol. The van der Waals surface area contributed by atoms with Crippen LogP contribution in [0.25, 0.3) is 0 Å². The van der Waals surface area contributed by atoms with Gasteiger partial charge in [-0.3, -0.25) is 4.98 Å². The first-order valence-electron chi connectivity index (χ1n) is 4.68. The molecule has 0 bridgehead atoms. The molecule has 0 aliphatic carbocycles. The molecule has 2 rings (SSSR count). The summed E-state index contributed by atoms with van der Waals surface area (Å²) in [7, 11) is 0. The van der Waals surface area contributed by atoms with E-state index in [-0.39, 0.29) is 0 Å². The first kappa shape index (κ1) is 9.73. The SMILES string of the molecule is NCc1cnccc1OCc1ccco1. The van der Waals surface area contributed by atoms with Crippen LogP contribution in [-0.2, 0) is 13.2 Å². The fourth-order valence-corrected chi connectivity index (χ4v) is 1.25. The molecule has 2 N–H and O–H groups in total. The maximum absolute atomic E-state index is 5.56. The highest BCUT2D eigenvalue weighted by Gasteiger charge is 2.02. The number of aromatic nitrogens is 1. The summed E-state index contributed by atoms with van der Waals surface area (Å²) in [6.45, 7) is 0.825. The Balaban J connectivity index is 2.04. The van der Waals surface area contributed by atoms with Crippen molar-refractivity contribution in [2.24, 2.45) is 5.73 Å². The summed E-state index contributed by atoms with van der Waals surface area (Å²) in [5.74, 6) is 1.54. The Morgan fingerprint density at radius 2 is 2.33 bits per heavy atom. The molecule has 0 radical (unpaired) electrons. The molecule has 0 aliphatic heterocycles. The van der Waals surface area contributed by atoms with Crippen molar-refractivity contribution in [1.29, 1.82) is 0 Å². The molecule has 4 nitrogen and oxygen atoms in total. The minimum atomic E-state index is 0.407. The predicted octanol–water partition coefficient (Wildman–Crippen LogP) is 1.71. The zero-order chi connectivity index (χ0) is 10.5. The van der Waals surface area contributed by atoms with Crippen LogP contribution in [-0.4, -0.2) is 4.98 Å². The van der Waals surface area contributed by atoms with Crippen molar-refractivity contribution in [2.45, 2.75) is 13.2 Å². The molecule has 15 heavy (non-hydrogen) atoms. The van der Waals surface area contributed by atoms with Crippen LogP contribution in [0, 0.1) is 0 Å². The molecule has 2 aromatic rings. The van der Waals surface area contributed by atoms with E-state index >= 15 is 0 Å². The van der Waals surface area contributed by atoms with Gasteiger partial charge in [-0.25, -0.2) is 0 Å². The van der Waals surface area contributed by atoms with Gasteiger partial charge in [0.25, 0.3) is 0 Å². The van der Waals surface area contributed by atoms with Crippen LogP contribution in [0.2, 0.25) is 0 Å². The number of pyridine rings is 1. The van der Waals surface area contributed by atoms with Gasteiger partial charge in [0.05, 0.1) is 6.26 Å². The van der Waals surface area contributed by atoms with Gasteiger partial charge < -0.3 is 14.9 Å². The van der Waals surface area contributed by atoms with Crippen molar-refractivity contribution >= 4 is 0 Å². The van der Waals surface area contributed by atoms with Gasteiger partial charge >= 0.3 is 0 Å². The van der Waals surface area contributed by atoms with E-state index in [1.807, 2.05) is 12.1 Å². The third-order valence-electron chi connectivity index (χ3n) is 2.03. The topological polar surface area (TPSA) is 61.3 Å². The lowest BCUT2D eigenvalue weighted by Crippen LogP contribution is -2.02. The lowest BCUT2D eigenvalue weighted by atomic mass is 10.2. The van der Waals surface area contributed by atoms with Crippen molar-refractivity contribution in [2.75, 3.05) is 0 Å². The fourth-order valence-electron chi connectivity index (χ4n) is 1.25. The highest BCUT2D eigenvalue weighted by atomic mass is 16.5. The van der Waals surface area contributed by atoms with E-state index in [0.717, 1.165) is 17.1 Å². The van der Waals surface area contributed by atoms with E-state index in [1.165, 1.54) is 0 Å². The van der Waals surface area contributed by atoms with Crippen molar-refractivity contribution < 1.29 is 9.15 Å². The second-order valence-corrected chi connectivity index (χ2v) is 3.06. The van der Waals surface area contributed by atoms with Gasteiger partial charge in [0, 0.05) is 24.5 Å². The molecule has 4 heteroatoms. The van der Waals surface area contributed by atoms with Crippen molar-refractivity contribution in [3.8, 4) is 5.75 Å². The van der Waals surface area contributed by atoms with Crippen LogP contribution in [0.5, 0.6) is 5.75 Å². The third kappa shape index (κ3) is 2.35. The zero-order valence-electron chi connectivity index (χ0n) is 8.22. The standard InChI is InChI=1S/C11H12N2O2/c12-6-9-7-13-4-3-11(9)15-8-10-2-1-5-14-10/h1-5,7H,6,8,12H2. The molecular formula is C11H12N2O2. The number of hydrogen-bond donors (Lipinski definition) is 1. The zero-order valence-corrected chi connectivity index (χ0v) is 8.22. The van der Waals surface area contributed by atoms with Crippen molar-refractivity contribution in [3.63, 3.8) is 0 Å². The van der Waals surface area contributed by atoms with Crippen LogP contribution in [0.1, 0.15) is 11.3 Å². The first-order valence-corrected chi connectivity index (χ1v) is 4.68. The maximum atomic E-state index is 5.56. The highest BCUT2D eigenvalue weighted by Crippen LogP contribution is 2.17. The van der Waals surface area contributed by atoms with Crippen molar-refractivity contribution in [1.82, 2.24) is 4.98 Å². The van der Waals surface area contributed by atoms with Crippen LogP contribution >= 0.6 is 0 Å². The summed E-state index contributed by atoms with van der Waals surface area (Å²) in [5, 5.41) is 0. The highest BCUT2D eigenvalue weighted by molar-refractivity contribution is 5.29. The number of hydrogen-bond acceptors (Lipinski definition) is 4. The molecule has 2 heterocycles. The molecule has 0 aliphatic rings. The summed E-state index contributed by atoms with van der Waals surface area (Å²) in [6, 6.07) is 5.49. The molecule has 0 saturated heterocycles. The van der Waals surface area contributed by atoms with E-state index in [1.54, 1.807) is 24.7 Å². The van der Waals surface area contributed by atoms with E-state index in [9.17, 15) is 0 Å². The van der Waals surface area contributed by atoms with Gasteiger partial charge in [0.15, 0.2) is 0 Å². The first-order chi connectivity index (χ1) is 7.40. The average Bonchev–Trinajstić information content (AvgIpc) is 2.79. The summed E-state index contributed by atoms with van der Waals surface area (Å²) in [4.78, 5) is 3.98. The molecule has 0 spiro atoms. The Hall–Kier alpha value is -1.81. The largest absolute Gasteiger partial charge is 0.485 e. The van der Waals surface area contributed by atoms with E-state index in [0.29, 0.717) is 13.2 Å². The van der Waals surface area contributed by atoms with Gasteiger partial charge in [0.2, 0.25) is 0 Å². The maximum Gasteiger partial charge on any atom is 0.146 e. The Morgan fingerprint density at radius 3 is 3.07 bits per heavy atom.